The SMILES string of the molecule is Cc1cc(C)c(N2C=CN(CN(CN3C=CN(c4c(C)cc(C)cc4C)C3)CN3C=CN(c4c(C)cc(C)cc4C)C3)C2)c(C)c1.F[P-](F)(F)(F)(F)F.F[P-](F)(F)(F)(F)F.[N]#[Fe][F]. The van der Waals surface area contributed by atoms with Gasteiger partial charge >= 0.3 is 88.8 Å². The number of hydrogen-bond donors (Lipinski definition) is 0. The number of hydrogen-bond acceptors (Lipinski definition) is 8. The number of rotatable bonds is 9. The van der Waals surface area contributed by atoms with Gasteiger partial charge in [-0.2, -0.15) is 0 Å². The fourth-order valence-electron chi connectivity index (χ4n) is 7.89. The molecule has 0 N–H and O–H groups in total. The summed E-state index contributed by atoms with van der Waals surface area (Å²) in [6, 6.07) is 13.7. The van der Waals surface area contributed by atoms with E-state index in [0.29, 0.717) is 0 Å². The average Bonchev–Trinajstić information content (AvgIpc) is 3.80. The monoisotopic (exact) mass is 996 g/mol. The average molecular weight is 997 g/mol. The third kappa shape index (κ3) is 20.0. The van der Waals surface area contributed by atoms with Crippen molar-refractivity contribution >= 4 is 32.7 Å². The van der Waals surface area contributed by atoms with Crippen molar-refractivity contribution in [2.24, 2.45) is 0 Å². The number of halogens is 13. The van der Waals surface area contributed by atoms with Crippen molar-refractivity contribution in [3.63, 3.8) is 0 Å². The van der Waals surface area contributed by atoms with Crippen LogP contribution in [0.2, 0.25) is 0 Å². The molecule has 358 valence electrons. The number of nitrogens with zero attached hydrogens (tertiary/aromatic N) is 8. The van der Waals surface area contributed by atoms with Gasteiger partial charge in [0.15, 0.2) is 0 Å². The zero-order chi connectivity index (χ0) is 48.2. The molecule has 8 nitrogen and oxygen atoms in total. The molecular weight excluding hydrogens is 945 g/mol. The van der Waals surface area contributed by atoms with E-state index in [9.17, 15) is 53.9 Å². The molecule has 0 atom stereocenters. The minimum absolute atomic E-state index is 0.830. The molecule has 0 aliphatic carbocycles. The van der Waals surface area contributed by atoms with Crippen LogP contribution in [0.15, 0.2) is 73.6 Å². The molecule has 0 saturated carbocycles. The fourth-order valence-corrected chi connectivity index (χ4v) is 7.89. The summed E-state index contributed by atoms with van der Waals surface area (Å²) in [5.74, 6) is 0. The van der Waals surface area contributed by atoms with E-state index in [1.165, 1.54) is 67.1 Å². The van der Waals surface area contributed by atoms with E-state index >= 15 is 0 Å². The molecule has 0 saturated heterocycles. The third-order valence-corrected chi connectivity index (χ3v) is 9.29. The molecule has 0 bridgehead atoms. The van der Waals surface area contributed by atoms with Crippen molar-refractivity contribution < 1.29 is 69.0 Å². The van der Waals surface area contributed by atoms with E-state index in [2.05, 4.69) is 170 Å². The van der Waals surface area contributed by atoms with Crippen LogP contribution in [0.25, 0.3) is 0 Å². The van der Waals surface area contributed by atoms with Gasteiger partial charge in [0.1, 0.15) is 0 Å². The van der Waals surface area contributed by atoms with E-state index in [0.717, 1.165) is 40.0 Å². The van der Waals surface area contributed by atoms with Gasteiger partial charge in [-0.25, -0.2) is 0 Å². The predicted molar refractivity (Wildman–Crippen MR) is 223 cm³/mol. The van der Waals surface area contributed by atoms with Gasteiger partial charge in [0.2, 0.25) is 0 Å². The maximum atomic E-state index is 9.87. The van der Waals surface area contributed by atoms with Gasteiger partial charge in [-0.05, 0) is 95.7 Å². The zero-order valence-corrected chi connectivity index (χ0v) is 38.8. The number of anilines is 3. The second-order valence-corrected chi connectivity index (χ2v) is 19.8. The summed E-state index contributed by atoms with van der Waals surface area (Å²) in [4.78, 5) is 17.0. The van der Waals surface area contributed by atoms with Crippen LogP contribution in [-0.4, -0.2) is 59.6 Å². The first-order valence-corrected chi connectivity index (χ1v) is 23.8. The van der Waals surface area contributed by atoms with Crippen LogP contribution in [0.3, 0.4) is 0 Å². The van der Waals surface area contributed by atoms with E-state index < -0.39 is 30.7 Å². The van der Waals surface area contributed by atoms with Gasteiger partial charge in [0.25, 0.3) is 0 Å². The van der Waals surface area contributed by atoms with Gasteiger partial charge in [0.05, 0.1) is 40.0 Å². The summed E-state index contributed by atoms with van der Waals surface area (Å²) in [5, 5.41) is 0. The molecule has 6 rings (SSSR count). The molecule has 0 unspecified atom stereocenters. The molecule has 3 aliphatic rings. The summed E-state index contributed by atoms with van der Waals surface area (Å²) < 4.78 is 135. The second kappa shape index (κ2) is 18.0. The van der Waals surface area contributed by atoms with Crippen LogP contribution in [0.5, 0.6) is 0 Å². The first-order chi connectivity index (χ1) is 28.3. The van der Waals surface area contributed by atoms with Gasteiger partial charge in [0, 0.05) is 54.3 Å². The molecule has 3 aromatic carbocycles. The summed E-state index contributed by atoms with van der Waals surface area (Å²) in [5.41, 5.74) is 15.9. The summed E-state index contributed by atoms with van der Waals surface area (Å²) in [6.07, 6.45) is 13.5. The molecule has 3 aliphatic heterocycles. The molecular formula is C39H51F13FeN8P2-2. The molecule has 0 radical (unpaired) electrons. The van der Waals surface area contributed by atoms with Gasteiger partial charge < -0.3 is 29.4 Å². The van der Waals surface area contributed by atoms with Gasteiger partial charge in [-0.1, -0.05) is 53.1 Å². The van der Waals surface area contributed by atoms with Crippen LogP contribution in [0.1, 0.15) is 50.1 Å². The van der Waals surface area contributed by atoms with E-state index in [4.69, 9.17) is 4.20 Å². The maximum absolute atomic E-state index is 10.7. The zero-order valence-electron chi connectivity index (χ0n) is 35.9. The molecule has 0 spiro atoms. The van der Waals surface area contributed by atoms with Crippen LogP contribution in [-0.2, 0) is 15.0 Å². The van der Waals surface area contributed by atoms with Crippen LogP contribution in [0, 0.1) is 66.5 Å². The van der Waals surface area contributed by atoms with E-state index in [1.54, 1.807) is 0 Å². The van der Waals surface area contributed by atoms with Crippen molar-refractivity contribution in [2.75, 3.05) is 54.7 Å². The van der Waals surface area contributed by atoms with E-state index in [1.807, 2.05) is 0 Å². The van der Waals surface area contributed by atoms with Gasteiger partial charge in [-0.15, -0.1) is 0 Å². The predicted octanol–water partition coefficient (Wildman–Crippen LogP) is 14.9. The van der Waals surface area contributed by atoms with Crippen molar-refractivity contribution in [3.05, 3.63) is 124 Å². The molecule has 0 fully saturated rings. The Morgan fingerprint density at radius 1 is 0.429 bits per heavy atom. The Hall–Kier alpha value is -4.18. The number of benzene rings is 3. The molecule has 0 aromatic heterocycles. The van der Waals surface area contributed by atoms with Crippen LogP contribution < -0.4 is 14.7 Å². The summed E-state index contributed by atoms with van der Waals surface area (Å²) in [7, 11) is -21.3. The normalized spacial score (nSPS) is 17.1. The minimum atomic E-state index is -10.7. The Morgan fingerprint density at radius 2 is 0.603 bits per heavy atom. The van der Waals surface area contributed by atoms with Crippen molar-refractivity contribution in [1.82, 2.24) is 19.6 Å². The van der Waals surface area contributed by atoms with Crippen LogP contribution in [0.4, 0.5) is 71.0 Å². The first-order valence-electron chi connectivity index (χ1n) is 18.8. The van der Waals surface area contributed by atoms with Crippen LogP contribution >= 0.6 is 15.6 Å². The van der Waals surface area contributed by atoms with Crippen molar-refractivity contribution in [1.29, 1.82) is 4.20 Å². The van der Waals surface area contributed by atoms with Crippen molar-refractivity contribution in [2.45, 2.75) is 62.3 Å². The van der Waals surface area contributed by atoms with Crippen molar-refractivity contribution in [3.8, 4) is 0 Å². The van der Waals surface area contributed by atoms with E-state index in [-0.39, 0.29) is 0 Å². The fraction of sp³-hybridized carbons (Fsp3) is 0.385. The Labute approximate surface area is 365 Å². The molecule has 3 heterocycles. The Kier molecular flexibility index (Phi) is 15.2. The second-order valence-electron chi connectivity index (χ2n) is 15.8. The van der Waals surface area contributed by atoms with Gasteiger partial charge in [-0.3, -0.25) is 4.90 Å². The summed E-state index contributed by atoms with van der Waals surface area (Å²) >= 11 is -1.25. The number of aryl methyl sites for hydroxylation is 9. The molecule has 3 aromatic rings. The summed E-state index contributed by atoms with van der Waals surface area (Å²) in [6.45, 7) is 24.9. The standard InChI is InChI=1S/C39H51N7.2F6P.FH.Fe.N/c1-28-16-31(4)37(32(5)17-28)44-13-10-40(25-44)22-43(23-41-11-14-45(26-41)38-33(6)18-29(2)19-34(38)7)24-42-12-15-46(27-42)39-35(8)20-30(3)21-36(39)9;2*1-7(2,3,4,5)6;;;/h10-21H,22-27H2,1-9H3;;;1H;;/q;2*-1;;+1;/p-1. The quantitative estimate of drug-likeness (QED) is 0.119. The molecule has 63 heavy (non-hydrogen) atoms. The Balaban J connectivity index is 0.000000528. The first kappa shape index (κ1) is 53.2. The molecule has 24 heteroatoms. The third-order valence-electron chi connectivity index (χ3n) is 9.29. The Bertz CT molecular complexity index is 1970. The Morgan fingerprint density at radius 3 is 0.778 bits per heavy atom. The topological polar surface area (TPSA) is 46.5 Å². The molecule has 0 amide bonds.